The number of nitrogens with one attached hydrogen (secondary N) is 1. The van der Waals surface area contributed by atoms with Crippen LogP contribution in [0.15, 0.2) is 35.9 Å². The molecule has 0 aliphatic carbocycles. The molecule has 0 unspecified atom stereocenters. The number of benzene rings is 1. The smallest absolute Gasteiger partial charge is 0.331 e. The van der Waals surface area contributed by atoms with Crippen molar-refractivity contribution in [2.24, 2.45) is 0 Å². The highest BCUT2D eigenvalue weighted by molar-refractivity contribution is 5.86. The third-order valence-electron chi connectivity index (χ3n) is 3.08. The monoisotopic (exact) mass is 261 g/mol. The van der Waals surface area contributed by atoms with Crippen molar-refractivity contribution in [1.82, 2.24) is 0 Å². The molecule has 0 atom stereocenters. The van der Waals surface area contributed by atoms with Gasteiger partial charge in [0.1, 0.15) is 0 Å². The maximum Gasteiger partial charge on any atom is 0.331 e. The fourth-order valence-corrected chi connectivity index (χ4v) is 1.85. The molecule has 0 fully saturated rings. The van der Waals surface area contributed by atoms with E-state index in [1.807, 2.05) is 19.1 Å². The molecule has 1 rings (SSSR count). The SMILES string of the molecule is CCCCc1ccc(NC/C=C(/CC)C(=O)O)cc1. The molecule has 3 heteroatoms. The Kier molecular flexibility index (Phi) is 6.72. The Balaban J connectivity index is 2.47. The number of hydrogen-bond donors (Lipinski definition) is 2. The Morgan fingerprint density at radius 1 is 1.26 bits per heavy atom. The molecule has 0 bridgehead atoms. The molecule has 0 amide bonds. The zero-order valence-electron chi connectivity index (χ0n) is 11.8. The van der Waals surface area contributed by atoms with Gasteiger partial charge in [-0.05, 0) is 37.0 Å². The summed E-state index contributed by atoms with van der Waals surface area (Å²) < 4.78 is 0. The average Bonchev–Trinajstić information content (AvgIpc) is 2.42. The summed E-state index contributed by atoms with van der Waals surface area (Å²) in [7, 11) is 0. The summed E-state index contributed by atoms with van der Waals surface area (Å²) in [5, 5.41) is 12.1. The molecule has 0 saturated carbocycles. The molecule has 0 radical (unpaired) electrons. The van der Waals surface area contributed by atoms with E-state index in [2.05, 4.69) is 24.4 Å². The van der Waals surface area contributed by atoms with Crippen molar-refractivity contribution in [2.75, 3.05) is 11.9 Å². The van der Waals surface area contributed by atoms with Crippen LogP contribution in [0, 0.1) is 0 Å². The van der Waals surface area contributed by atoms with Gasteiger partial charge in [0.2, 0.25) is 0 Å². The predicted molar refractivity (Wildman–Crippen MR) is 79.6 cm³/mol. The van der Waals surface area contributed by atoms with Gasteiger partial charge in [-0.1, -0.05) is 38.5 Å². The summed E-state index contributed by atoms with van der Waals surface area (Å²) >= 11 is 0. The highest BCUT2D eigenvalue weighted by Crippen LogP contribution is 2.12. The highest BCUT2D eigenvalue weighted by atomic mass is 16.4. The van der Waals surface area contributed by atoms with E-state index < -0.39 is 5.97 Å². The molecule has 1 aromatic rings. The fourth-order valence-electron chi connectivity index (χ4n) is 1.85. The van der Waals surface area contributed by atoms with Crippen molar-refractivity contribution in [3.05, 3.63) is 41.5 Å². The van der Waals surface area contributed by atoms with Crippen LogP contribution in [0.1, 0.15) is 38.7 Å². The topological polar surface area (TPSA) is 49.3 Å². The number of anilines is 1. The molecule has 0 spiro atoms. The number of rotatable bonds is 8. The summed E-state index contributed by atoms with van der Waals surface area (Å²) in [6, 6.07) is 8.34. The van der Waals surface area contributed by atoms with Crippen molar-refractivity contribution in [3.63, 3.8) is 0 Å². The van der Waals surface area contributed by atoms with Crippen LogP contribution in [0.4, 0.5) is 5.69 Å². The van der Waals surface area contributed by atoms with E-state index in [1.54, 1.807) is 6.08 Å². The van der Waals surface area contributed by atoms with Crippen LogP contribution < -0.4 is 5.32 Å². The molecule has 0 saturated heterocycles. The van der Waals surface area contributed by atoms with Crippen molar-refractivity contribution in [2.45, 2.75) is 39.5 Å². The number of aliphatic carboxylic acids is 1. The first-order valence-corrected chi connectivity index (χ1v) is 6.92. The van der Waals surface area contributed by atoms with Crippen LogP contribution in [0.3, 0.4) is 0 Å². The van der Waals surface area contributed by atoms with Gasteiger partial charge >= 0.3 is 5.97 Å². The van der Waals surface area contributed by atoms with Crippen molar-refractivity contribution < 1.29 is 9.90 Å². The predicted octanol–water partition coefficient (Wildman–Crippen LogP) is 3.86. The minimum Gasteiger partial charge on any atom is -0.478 e. The van der Waals surface area contributed by atoms with E-state index in [0.717, 1.165) is 12.1 Å². The first-order valence-electron chi connectivity index (χ1n) is 6.92. The average molecular weight is 261 g/mol. The fraction of sp³-hybridized carbons (Fsp3) is 0.438. The van der Waals surface area contributed by atoms with E-state index in [4.69, 9.17) is 5.11 Å². The number of carbonyl (C=O) groups is 1. The lowest BCUT2D eigenvalue weighted by Gasteiger charge is -2.06. The minimum atomic E-state index is -0.834. The van der Waals surface area contributed by atoms with E-state index in [1.165, 1.54) is 18.4 Å². The van der Waals surface area contributed by atoms with E-state index >= 15 is 0 Å². The Labute approximate surface area is 115 Å². The Morgan fingerprint density at radius 3 is 2.47 bits per heavy atom. The van der Waals surface area contributed by atoms with Crippen LogP contribution in [0.5, 0.6) is 0 Å². The standard InChI is InChI=1S/C16H23NO2/c1-3-5-6-13-7-9-15(10-8-13)17-12-11-14(4-2)16(18)19/h7-11,17H,3-6,12H2,1-2H3,(H,18,19)/b14-11-. The molecule has 0 aromatic heterocycles. The van der Waals surface area contributed by atoms with Crippen molar-refractivity contribution >= 4 is 11.7 Å². The van der Waals surface area contributed by atoms with Crippen molar-refractivity contribution in [3.8, 4) is 0 Å². The van der Waals surface area contributed by atoms with Crippen LogP contribution in [0.2, 0.25) is 0 Å². The lowest BCUT2D eigenvalue weighted by atomic mass is 10.1. The summed E-state index contributed by atoms with van der Waals surface area (Å²) in [4.78, 5) is 10.8. The van der Waals surface area contributed by atoms with Gasteiger partial charge in [-0.2, -0.15) is 0 Å². The Morgan fingerprint density at radius 2 is 1.95 bits per heavy atom. The Hall–Kier alpha value is -1.77. The van der Waals surface area contributed by atoms with E-state index in [9.17, 15) is 4.79 Å². The number of carboxylic acid groups (broad SMARTS) is 1. The number of unbranched alkanes of at least 4 members (excludes halogenated alkanes) is 1. The van der Waals surface area contributed by atoms with Gasteiger partial charge < -0.3 is 10.4 Å². The van der Waals surface area contributed by atoms with E-state index in [0.29, 0.717) is 18.5 Å². The molecular formula is C16H23NO2. The zero-order valence-corrected chi connectivity index (χ0v) is 11.8. The maximum atomic E-state index is 10.8. The molecule has 2 N–H and O–H groups in total. The second-order valence-corrected chi connectivity index (χ2v) is 4.57. The molecular weight excluding hydrogens is 238 g/mol. The van der Waals surface area contributed by atoms with Gasteiger partial charge in [-0.25, -0.2) is 4.79 Å². The van der Waals surface area contributed by atoms with E-state index in [-0.39, 0.29) is 0 Å². The summed E-state index contributed by atoms with van der Waals surface area (Å²) in [6.45, 7) is 4.59. The van der Waals surface area contributed by atoms with Gasteiger partial charge in [0.25, 0.3) is 0 Å². The second-order valence-electron chi connectivity index (χ2n) is 4.57. The van der Waals surface area contributed by atoms with Crippen LogP contribution in [0.25, 0.3) is 0 Å². The third-order valence-corrected chi connectivity index (χ3v) is 3.08. The van der Waals surface area contributed by atoms with Gasteiger partial charge in [0.05, 0.1) is 0 Å². The quantitative estimate of drug-likeness (QED) is 0.698. The maximum absolute atomic E-state index is 10.8. The molecule has 0 aliphatic rings. The first-order chi connectivity index (χ1) is 9.17. The van der Waals surface area contributed by atoms with Gasteiger partial charge in [0, 0.05) is 17.8 Å². The zero-order chi connectivity index (χ0) is 14.1. The Bertz CT molecular complexity index is 421. The van der Waals surface area contributed by atoms with Gasteiger partial charge in [-0.15, -0.1) is 0 Å². The number of hydrogen-bond acceptors (Lipinski definition) is 2. The third kappa shape index (κ3) is 5.60. The number of carboxylic acids is 1. The summed E-state index contributed by atoms with van der Waals surface area (Å²) in [5.41, 5.74) is 2.83. The highest BCUT2D eigenvalue weighted by Gasteiger charge is 2.02. The van der Waals surface area contributed by atoms with Gasteiger partial charge in [-0.3, -0.25) is 0 Å². The lowest BCUT2D eigenvalue weighted by Crippen LogP contribution is -2.04. The molecule has 3 nitrogen and oxygen atoms in total. The van der Waals surface area contributed by atoms with Crippen LogP contribution >= 0.6 is 0 Å². The largest absolute Gasteiger partial charge is 0.478 e. The van der Waals surface area contributed by atoms with Crippen LogP contribution in [-0.2, 0) is 11.2 Å². The summed E-state index contributed by atoms with van der Waals surface area (Å²) in [5.74, 6) is -0.834. The molecule has 104 valence electrons. The van der Waals surface area contributed by atoms with Crippen molar-refractivity contribution in [1.29, 1.82) is 0 Å². The molecule has 19 heavy (non-hydrogen) atoms. The summed E-state index contributed by atoms with van der Waals surface area (Å²) in [6.07, 6.45) is 5.82. The second kappa shape index (κ2) is 8.35. The lowest BCUT2D eigenvalue weighted by molar-refractivity contribution is -0.132. The molecule has 0 heterocycles. The number of aryl methyl sites for hydroxylation is 1. The van der Waals surface area contributed by atoms with Gasteiger partial charge in [0.15, 0.2) is 0 Å². The minimum absolute atomic E-state index is 0.451. The van der Waals surface area contributed by atoms with Crippen LogP contribution in [-0.4, -0.2) is 17.6 Å². The normalized spacial score (nSPS) is 11.4. The molecule has 0 aliphatic heterocycles. The first kappa shape index (κ1) is 15.3. The molecule has 1 aromatic carbocycles.